The summed E-state index contributed by atoms with van der Waals surface area (Å²) >= 11 is 0. The lowest BCUT2D eigenvalue weighted by molar-refractivity contribution is 0.589. The fraction of sp³-hybridized carbons (Fsp3) is 0.125. The van der Waals surface area contributed by atoms with E-state index in [9.17, 15) is 4.39 Å². The fourth-order valence-electron chi connectivity index (χ4n) is 2.56. The van der Waals surface area contributed by atoms with Crippen LogP contribution in [0.5, 0.6) is 0 Å². The standard InChI is InChI=1S/C16H14FN7/c1-18-16-20-14(21-22-16)13-11-6-4-8-19-15(11)24(23-13)9-10-5-2-3-7-12(10)17/h2-8H,9H2,1H3,(H2,18,20,21,22). The second-order valence-electron chi connectivity index (χ2n) is 5.23. The van der Waals surface area contributed by atoms with Gasteiger partial charge in [0.15, 0.2) is 11.5 Å². The molecule has 0 bridgehead atoms. The largest absolute Gasteiger partial charge is 0.356 e. The van der Waals surface area contributed by atoms with Gasteiger partial charge in [0.05, 0.1) is 11.9 Å². The van der Waals surface area contributed by atoms with E-state index in [1.54, 1.807) is 36.1 Å². The predicted octanol–water partition coefficient (Wildman–Crippen LogP) is 2.45. The van der Waals surface area contributed by atoms with Crippen LogP contribution >= 0.6 is 0 Å². The van der Waals surface area contributed by atoms with Gasteiger partial charge in [-0.05, 0) is 18.2 Å². The molecular formula is C16H14FN7. The molecule has 0 atom stereocenters. The SMILES string of the molecule is CNc1n[nH]c(-c2nn(Cc3ccccc3F)c3ncccc23)n1. The van der Waals surface area contributed by atoms with Crippen molar-refractivity contribution in [1.82, 2.24) is 29.9 Å². The highest BCUT2D eigenvalue weighted by atomic mass is 19.1. The minimum Gasteiger partial charge on any atom is -0.356 e. The van der Waals surface area contributed by atoms with Crippen LogP contribution in [0.1, 0.15) is 5.56 Å². The van der Waals surface area contributed by atoms with Gasteiger partial charge in [0.1, 0.15) is 11.5 Å². The van der Waals surface area contributed by atoms with E-state index in [0.717, 1.165) is 5.39 Å². The molecule has 3 aromatic heterocycles. The molecule has 0 spiro atoms. The summed E-state index contributed by atoms with van der Waals surface area (Å²) < 4.78 is 15.6. The van der Waals surface area contributed by atoms with E-state index >= 15 is 0 Å². The third kappa shape index (κ3) is 2.37. The molecule has 0 aliphatic carbocycles. The number of anilines is 1. The molecule has 0 aliphatic heterocycles. The van der Waals surface area contributed by atoms with Crippen molar-refractivity contribution in [2.24, 2.45) is 0 Å². The van der Waals surface area contributed by atoms with Crippen molar-refractivity contribution in [3.63, 3.8) is 0 Å². The van der Waals surface area contributed by atoms with Crippen LogP contribution in [0.4, 0.5) is 10.3 Å². The first-order valence-electron chi connectivity index (χ1n) is 7.41. The first-order chi connectivity index (χ1) is 11.8. The Hall–Kier alpha value is -3.29. The molecule has 4 aromatic rings. The summed E-state index contributed by atoms with van der Waals surface area (Å²) in [6, 6.07) is 10.4. The third-order valence-electron chi connectivity index (χ3n) is 3.72. The van der Waals surface area contributed by atoms with Gasteiger partial charge in [-0.2, -0.15) is 10.1 Å². The summed E-state index contributed by atoms with van der Waals surface area (Å²) in [5.74, 6) is 0.742. The predicted molar refractivity (Wildman–Crippen MR) is 88.0 cm³/mol. The Kier molecular flexibility index (Phi) is 3.42. The molecule has 7 nitrogen and oxygen atoms in total. The smallest absolute Gasteiger partial charge is 0.242 e. The molecule has 8 heteroatoms. The first-order valence-corrected chi connectivity index (χ1v) is 7.41. The van der Waals surface area contributed by atoms with Crippen LogP contribution < -0.4 is 5.32 Å². The van der Waals surface area contributed by atoms with Crippen molar-refractivity contribution in [2.45, 2.75) is 6.54 Å². The number of pyridine rings is 1. The summed E-state index contributed by atoms with van der Waals surface area (Å²) in [7, 11) is 1.74. The van der Waals surface area contributed by atoms with Gasteiger partial charge in [-0.15, -0.1) is 5.10 Å². The average molecular weight is 323 g/mol. The Bertz CT molecular complexity index is 1000. The highest BCUT2D eigenvalue weighted by molar-refractivity contribution is 5.89. The summed E-state index contributed by atoms with van der Waals surface area (Å²) in [5, 5.41) is 15.2. The Morgan fingerprint density at radius 2 is 2.08 bits per heavy atom. The van der Waals surface area contributed by atoms with Crippen LogP contribution in [-0.4, -0.2) is 37.0 Å². The second kappa shape index (κ2) is 5.73. The number of rotatable bonds is 4. The lowest BCUT2D eigenvalue weighted by Gasteiger charge is -2.04. The quantitative estimate of drug-likeness (QED) is 0.602. The number of halogens is 1. The zero-order valence-electron chi connectivity index (χ0n) is 12.9. The molecule has 0 saturated heterocycles. The minimum atomic E-state index is -0.268. The molecule has 0 aliphatic rings. The lowest BCUT2D eigenvalue weighted by Crippen LogP contribution is -2.04. The van der Waals surface area contributed by atoms with Crippen LogP contribution in [0, 0.1) is 5.82 Å². The van der Waals surface area contributed by atoms with Crippen LogP contribution in [0.25, 0.3) is 22.6 Å². The fourth-order valence-corrected chi connectivity index (χ4v) is 2.56. The van der Waals surface area contributed by atoms with Gasteiger partial charge in [0.25, 0.3) is 0 Å². The molecular weight excluding hydrogens is 309 g/mol. The molecule has 120 valence electrons. The summed E-state index contributed by atoms with van der Waals surface area (Å²) in [6.07, 6.45) is 1.69. The highest BCUT2D eigenvalue weighted by Gasteiger charge is 2.17. The number of H-pyrrole nitrogens is 1. The second-order valence-corrected chi connectivity index (χ2v) is 5.23. The van der Waals surface area contributed by atoms with E-state index < -0.39 is 0 Å². The first kappa shape index (κ1) is 14.3. The van der Waals surface area contributed by atoms with Crippen molar-refractivity contribution < 1.29 is 4.39 Å². The lowest BCUT2D eigenvalue weighted by atomic mass is 10.2. The maximum Gasteiger partial charge on any atom is 0.242 e. The van der Waals surface area contributed by atoms with Gasteiger partial charge >= 0.3 is 0 Å². The molecule has 3 heterocycles. The van der Waals surface area contributed by atoms with E-state index in [1.165, 1.54) is 6.07 Å². The number of hydrogen-bond acceptors (Lipinski definition) is 5. The number of aromatic nitrogens is 6. The van der Waals surface area contributed by atoms with E-state index in [-0.39, 0.29) is 12.4 Å². The van der Waals surface area contributed by atoms with Crippen molar-refractivity contribution in [1.29, 1.82) is 0 Å². The van der Waals surface area contributed by atoms with Crippen LogP contribution in [-0.2, 0) is 6.54 Å². The topological polar surface area (TPSA) is 84.3 Å². The zero-order chi connectivity index (χ0) is 16.5. The molecule has 0 fully saturated rings. The van der Waals surface area contributed by atoms with E-state index in [4.69, 9.17) is 0 Å². The van der Waals surface area contributed by atoms with Gasteiger partial charge in [-0.25, -0.2) is 14.1 Å². The average Bonchev–Trinajstić information content (AvgIpc) is 3.22. The van der Waals surface area contributed by atoms with E-state index in [2.05, 4.69) is 30.6 Å². The van der Waals surface area contributed by atoms with E-state index in [0.29, 0.717) is 28.7 Å². The molecule has 24 heavy (non-hydrogen) atoms. The van der Waals surface area contributed by atoms with Crippen molar-refractivity contribution >= 4 is 17.0 Å². The number of nitrogens with one attached hydrogen (secondary N) is 2. The molecule has 0 radical (unpaired) electrons. The van der Waals surface area contributed by atoms with Crippen molar-refractivity contribution in [2.75, 3.05) is 12.4 Å². The monoisotopic (exact) mass is 323 g/mol. The Morgan fingerprint density at radius 3 is 2.88 bits per heavy atom. The van der Waals surface area contributed by atoms with Gasteiger partial charge in [-0.3, -0.25) is 5.10 Å². The number of nitrogens with zero attached hydrogens (tertiary/aromatic N) is 5. The third-order valence-corrected chi connectivity index (χ3v) is 3.72. The van der Waals surface area contributed by atoms with Crippen LogP contribution in [0.3, 0.4) is 0 Å². The van der Waals surface area contributed by atoms with Gasteiger partial charge in [0.2, 0.25) is 5.95 Å². The van der Waals surface area contributed by atoms with Crippen molar-refractivity contribution in [3.8, 4) is 11.5 Å². The summed E-state index contributed by atoms with van der Waals surface area (Å²) in [6.45, 7) is 0.285. The Balaban J connectivity index is 1.83. The van der Waals surface area contributed by atoms with Gasteiger partial charge in [0, 0.05) is 18.8 Å². The maximum atomic E-state index is 14.0. The molecule has 0 amide bonds. The maximum absolute atomic E-state index is 14.0. The number of hydrogen-bond donors (Lipinski definition) is 2. The van der Waals surface area contributed by atoms with Gasteiger partial charge < -0.3 is 5.32 Å². The van der Waals surface area contributed by atoms with E-state index in [1.807, 2.05) is 12.1 Å². The zero-order valence-corrected chi connectivity index (χ0v) is 12.9. The van der Waals surface area contributed by atoms with Crippen LogP contribution in [0.2, 0.25) is 0 Å². The van der Waals surface area contributed by atoms with Crippen molar-refractivity contribution in [3.05, 3.63) is 54.0 Å². The molecule has 1 aromatic carbocycles. The number of fused-ring (bicyclic) bond motifs is 1. The minimum absolute atomic E-state index is 0.268. The molecule has 0 saturated carbocycles. The molecule has 0 unspecified atom stereocenters. The van der Waals surface area contributed by atoms with Crippen LogP contribution in [0.15, 0.2) is 42.6 Å². The normalized spacial score (nSPS) is 11.1. The Labute approximate surface area is 136 Å². The highest BCUT2D eigenvalue weighted by Crippen LogP contribution is 2.25. The summed E-state index contributed by atoms with van der Waals surface area (Å²) in [5.41, 5.74) is 1.84. The van der Waals surface area contributed by atoms with Gasteiger partial charge in [-0.1, -0.05) is 18.2 Å². The Morgan fingerprint density at radius 1 is 1.21 bits per heavy atom. The summed E-state index contributed by atoms with van der Waals surface area (Å²) in [4.78, 5) is 8.71. The number of aromatic amines is 1. The molecule has 2 N–H and O–H groups in total. The molecule has 4 rings (SSSR count). The number of benzene rings is 1.